The molecular formula is C10H15F2NO6. The van der Waals surface area contributed by atoms with Gasteiger partial charge in [-0.1, -0.05) is 0 Å². The van der Waals surface area contributed by atoms with Crippen molar-refractivity contribution in [2.75, 3.05) is 13.1 Å². The van der Waals surface area contributed by atoms with E-state index < -0.39 is 36.5 Å². The molecular weight excluding hydrogens is 268 g/mol. The second-order valence-electron chi connectivity index (χ2n) is 3.72. The second kappa shape index (κ2) is 8.51. The van der Waals surface area contributed by atoms with Crippen molar-refractivity contribution in [1.29, 1.82) is 0 Å². The van der Waals surface area contributed by atoms with Gasteiger partial charge in [0.05, 0.1) is 18.1 Å². The highest BCUT2D eigenvalue weighted by atomic mass is 19.3. The van der Waals surface area contributed by atoms with Crippen LogP contribution >= 0.6 is 0 Å². The lowest BCUT2D eigenvalue weighted by Crippen LogP contribution is -2.52. The number of rotatable bonds is 3. The largest absolute Gasteiger partial charge is 0.478 e. The molecule has 1 saturated heterocycles. The Labute approximate surface area is 107 Å². The first-order valence-corrected chi connectivity index (χ1v) is 5.24. The van der Waals surface area contributed by atoms with Crippen molar-refractivity contribution >= 4 is 11.9 Å². The Morgan fingerprint density at radius 2 is 1.58 bits per heavy atom. The maximum absolute atomic E-state index is 12.0. The zero-order chi connectivity index (χ0) is 15.0. The van der Waals surface area contributed by atoms with E-state index in [2.05, 4.69) is 5.32 Å². The molecule has 1 fully saturated rings. The molecule has 19 heavy (non-hydrogen) atoms. The third-order valence-electron chi connectivity index (χ3n) is 2.26. The summed E-state index contributed by atoms with van der Waals surface area (Å²) in [5, 5.41) is 36.2. The highest BCUT2D eigenvalue weighted by Crippen LogP contribution is 2.18. The van der Waals surface area contributed by atoms with E-state index in [4.69, 9.17) is 20.4 Å². The van der Waals surface area contributed by atoms with E-state index in [0.717, 1.165) is 0 Å². The summed E-state index contributed by atoms with van der Waals surface area (Å²) in [4.78, 5) is 19.1. The van der Waals surface area contributed by atoms with Crippen LogP contribution in [-0.4, -0.2) is 64.1 Å². The molecule has 0 spiro atoms. The van der Waals surface area contributed by atoms with Crippen molar-refractivity contribution in [1.82, 2.24) is 5.32 Å². The van der Waals surface area contributed by atoms with Crippen LogP contribution in [0.4, 0.5) is 8.78 Å². The molecule has 3 atom stereocenters. The molecule has 5 N–H and O–H groups in total. The molecule has 0 bridgehead atoms. The van der Waals surface area contributed by atoms with E-state index in [-0.39, 0.29) is 13.1 Å². The van der Waals surface area contributed by atoms with Crippen LogP contribution in [0.15, 0.2) is 12.2 Å². The van der Waals surface area contributed by atoms with E-state index in [9.17, 15) is 18.4 Å². The topological polar surface area (TPSA) is 127 Å². The fourth-order valence-electron chi connectivity index (χ4n) is 1.31. The molecule has 0 aliphatic carbocycles. The van der Waals surface area contributed by atoms with Crippen molar-refractivity contribution in [3.05, 3.63) is 12.2 Å². The first-order chi connectivity index (χ1) is 8.75. The second-order valence-corrected chi connectivity index (χ2v) is 3.72. The molecule has 7 nitrogen and oxygen atoms in total. The zero-order valence-electron chi connectivity index (χ0n) is 9.74. The number of halogens is 2. The summed E-state index contributed by atoms with van der Waals surface area (Å²) in [6.07, 6.45) is -3.82. The quantitative estimate of drug-likeness (QED) is 0.416. The van der Waals surface area contributed by atoms with Gasteiger partial charge in [0.15, 0.2) is 0 Å². The van der Waals surface area contributed by atoms with Crippen LogP contribution < -0.4 is 5.32 Å². The van der Waals surface area contributed by atoms with Crippen molar-refractivity contribution in [3.8, 4) is 0 Å². The molecule has 0 radical (unpaired) electrons. The van der Waals surface area contributed by atoms with E-state index in [1.807, 2.05) is 0 Å². The SMILES string of the molecule is O=C(O)/C=C/C(=O)O.O[C@H]1[C@H](O)CNC[C@@H]1C(F)F. The molecule has 1 aliphatic rings. The molecule has 0 aromatic rings. The Hall–Kier alpha value is -1.58. The number of carboxylic acids is 2. The number of aliphatic carboxylic acids is 2. The molecule has 0 amide bonds. The number of carboxylic acid groups (broad SMARTS) is 2. The summed E-state index contributed by atoms with van der Waals surface area (Å²) in [6.45, 7) is 0.250. The lowest BCUT2D eigenvalue weighted by atomic mass is 9.94. The van der Waals surface area contributed by atoms with Crippen molar-refractivity contribution in [3.63, 3.8) is 0 Å². The van der Waals surface area contributed by atoms with Gasteiger partial charge in [-0.2, -0.15) is 0 Å². The normalized spacial score (nSPS) is 26.9. The third-order valence-corrected chi connectivity index (χ3v) is 2.26. The summed E-state index contributed by atoms with van der Waals surface area (Å²) < 4.78 is 24.1. The fourth-order valence-corrected chi connectivity index (χ4v) is 1.31. The van der Waals surface area contributed by atoms with E-state index in [1.165, 1.54) is 0 Å². The summed E-state index contributed by atoms with van der Waals surface area (Å²) in [5.74, 6) is -3.65. The van der Waals surface area contributed by atoms with E-state index in [0.29, 0.717) is 12.2 Å². The van der Waals surface area contributed by atoms with Crippen LogP contribution in [0.3, 0.4) is 0 Å². The maximum atomic E-state index is 12.0. The highest BCUT2D eigenvalue weighted by Gasteiger charge is 2.36. The molecule has 0 saturated carbocycles. The molecule has 1 rings (SSSR count). The summed E-state index contributed by atoms with van der Waals surface area (Å²) >= 11 is 0. The van der Waals surface area contributed by atoms with Gasteiger partial charge in [-0.25, -0.2) is 18.4 Å². The number of aliphatic hydroxyl groups is 2. The molecule has 0 unspecified atom stereocenters. The Morgan fingerprint density at radius 1 is 1.11 bits per heavy atom. The predicted octanol–water partition coefficient (Wildman–Crippen LogP) is -1.10. The fraction of sp³-hybridized carbons (Fsp3) is 0.600. The van der Waals surface area contributed by atoms with E-state index in [1.54, 1.807) is 0 Å². The summed E-state index contributed by atoms with van der Waals surface area (Å²) in [5.41, 5.74) is 0. The van der Waals surface area contributed by atoms with E-state index >= 15 is 0 Å². The van der Waals surface area contributed by atoms with Crippen molar-refractivity contribution in [2.24, 2.45) is 5.92 Å². The van der Waals surface area contributed by atoms with Crippen LogP contribution in [-0.2, 0) is 9.59 Å². The Balaban J connectivity index is 0.000000362. The first-order valence-electron chi connectivity index (χ1n) is 5.24. The van der Waals surface area contributed by atoms with Crippen LogP contribution in [0.25, 0.3) is 0 Å². The molecule has 0 aromatic carbocycles. The zero-order valence-corrected chi connectivity index (χ0v) is 9.74. The molecule has 110 valence electrons. The monoisotopic (exact) mass is 283 g/mol. The van der Waals surface area contributed by atoms with Crippen molar-refractivity contribution in [2.45, 2.75) is 18.6 Å². The highest BCUT2D eigenvalue weighted by molar-refractivity contribution is 5.89. The predicted molar refractivity (Wildman–Crippen MR) is 58.8 cm³/mol. The number of β-amino-alcohol motifs (C(OH)–C–C–N with tert-alkyl or cyclic N) is 1. The van der Waals surface area contributed by atoms with Gasteiger partial charge in [0.1, 0.15) is 0 Å². The number of carbonyl (C=O) groups is 2. The van der Waals surface area contributed by atoms with Gasteiger partial charge in [0, 0.05) is 25.2 Å². The Bertz CT molecular complexity index is 320. The van der Waals surface area contributed by atoms with Gasteiger partial charge in [-0.05, 0) is 0 Å². The van der Waals surface area contributed by atoms with Gasteiger partial charge in [-0.3, -0.25) is 0 Å². The van der Waals surface area contributed by atoms with Crippen LogP contribution in [0.1, 0.15) is 0 Å². The van der Waals surface area contributed by atoms with Gasteiger partial charge in [-0.15, -0.1) is 0 Å². The lowest BCUT2D eigenvalue weighted by molar-refractivity contribution is -0.134. The molecule has 0 aromatic heterocycles. The number of hydrogen-bond acceptors (Lipinski definition) is 5. The summed E-state index contributed by atoms with van der Waals surface area (Å²) in [6, 6.07) is 0. The van der Waals surface area contributed by atoms with Gasteiger partial charge >= 0.3 is 11.9 Å². The Kier molecular flexibility index (Phi) is 7.80. The maximum Gasteiger partial charge on any atom is 0.328 e. The number of piperidine rings is 1. The number of nitrogens with one attached hydrogen (secondary N) is 1. The standard InChI is InChI=1S/C6H11F2NO2.C4H4O4/c7-6(8)3-1-9-2-4(10)5(3)11;5-3(6)1-2-4(7)8/h3-6,9-11H,1-2H2;1-2H,(H,5,6)(H,7,8)/b;2-1+/t3-,4+,5+;/m0./s1. The van der Waals surface area contributed by atoms with Gasteiger partial charge in [0.25, 0.3) is 0 Å². The first kappa shape index (κ1) is 17.4. The molecule has 1 heterocycles. The van der Waals surface area contributed by atoms with Gasteiger partial charge in [0.2, 0.25) is 6.43 Å². The minimum Gasteiger partial charge on any atom is -0.478 e. The number of aliphatic hydroxyl groups excluding tert-OH is 2. The van der Waals surface area contributed by atoms with Crippen LogP contribution in [0, 0.1) is 5.92 Å². The van der Waals surface area contributed by atoms with Gasteiger partial charge < -0.3 is 25.7 Å². The minimum atomic E-state index is -2.58. The molecule has 1 aliphatic heterocycles. The average molecular weight is 283 g/mol. The Morgan fingerprint density at radius 3 is 1.89 bits per heavy atom. The van der Waals surface area contributed by atoms with Crippen LogP contribution in [0.5, 0.6) is 0 Å². The van der Waals surface area contributed by atoms with Crippen molar-refractivity contribution < 1.29 is 38.8 Å². The minimum absolute atomic E-state index is 0.0654. The smallest absolute Gasteiger partial charge is 0.328 e. The number of alkyl halides is 2. The molecule has 9 heteroatoms. The average Bonchev–Trinajstić information content (AvgIpc) is 2.30. The number of hydrogen-bond donors (Lipinski definition) is 5. The summed E-state index contributed by atoms with van der Waals surface area (Å²) in [7, 11) is 0. The third kappa shape index (κ3) is 7.44. The lowest BCUT2D eigenvalue weighted by Gasteiger charge is -2.31. The van der Waals surface area contributed by atoms with Crippen LogP contribution in [0.2, 0.25) is 0 Å².